The highest BCUT2D eigenvalue weighted by molar-refractivity contribution is 7.99. The highest BCUT2D eigenvalue weighted by Crippen LogP contribution is 2.17. The Morgan fingerprint density at radius 1 is 1.15 bits per heavy atom. The summed E-state index contributed by atoms with van der Waals surface area (Å²) in [6.45, 7) is 8.74. The van der Waals surface area contributed by atoms with Crippen LogP contribution in [0.4, 0.5) is 0 Å². The average molecular weight is 221 g/mol. The van der Waals surface area contributed by atoms with Crippen LogP contribution in [-0.2, 0) is 0 Å². The van der Waals surface area contributed by atoms with E-state index in [1.54, 1.807) is 0 Å². The number of nitrogens with two attached hydrogens (primary N) is 1. The molecule has 0 heterocycles. The molecule has 0 saturated carbocycles. The van der Waals surface area contributed by atoms with Crippen molar-refractivity contribution in [3.63, 3.8) is 0 Å². The maximum absolute atomic E-state index is 5.94. The van der Waals surface area contributed by atoms with E-state index in [1.165, 1.54) is 5.75 Å². The molecule has 0 aromatic heterocycles. The van der Waals surface area contributed by atoms with Crippen molar-refractivity contribution >= 4 is 24.4 Å². The van der Waals surface area contributed by atoms with Crippen LogP contribution in [0.1, 0.15) is 27.7 Å². The second-order valence-electron chi connectivity index (χ2n) is 4.16. The first kappa shape index (κ1) is 13.7. The van der Waals surface area contributed by atoms with Gasteiger partial charge >= 0.3 is 0 Å². The first-order chi connectivity index (χ1) is 5.95. The monoisotopic (exact) mass is 221 g/mol. The van der Waals surface area contributed by atoms with E-state index in [-0.39, 0.29) is 0 Å². The van der Waals surface area contributed by atoms with Crippen LogP contribution in [0.15, 0.2) is 0 Å². The molecule has 0 rings (SSSR count). The fourth-order valence-electron chi connectivity index (χ4n) is 0.722. The Morgan fingerprint density at radius 3 is 2.08 bits per heavy atom. The van der Waals surface area contributed by atoms with E-state index < -0.39 is 0 Å². The first-order valence-corrected chi connectivity index (χ1v) is 6.63. The summed E-state index contributed by atoms with van der Waals surface area (Å²) in [5.41, 5.74) is 5.94. The summed E-state index contributed by atoms with van der Waals surface area (Å²) < 4.78 is 0. The van der Waals surface area contributed by atoms with Gasteiger partial charge in [0.25, 0.3) is 0 Å². The lowest BCUT2D eigenvalue weighted by Crippen LogP contribution is -2.29. The van der Waals surface area contributed by atoms with E-state index in [0.29, 0.717) is 23.1 Å². The molecule has 2 N–H and O–H groups in total. The molecule has 0 radical (unpaired) electrons. The summed E-state index contributed by atoms with van der Waals surface area (Å²) in [5.74, 6) is 3.51. The Bertz CT molecular complexity index is 112. The van der Waals surface area contributed by atoms with E-state index in [2.05, 4.69) is 40.3 Å². The number of hydrogen-bond acceptors (Lipinski definition) is 3. The predicted octanol–water partition coefficient (Wildman–Crippen LogP) is 2.66. The van der Waals surface area contributed by atoms with Crippen molar-refractivity contribution in [2.45, 2.75) is 39.0 Å². The molecule has 3 unspecified atom stereocenters. The van der Waals surface area contributed by atoms with Gasteiger partial charge in [-0.2, -0.15) is 24.4 Å². The SMILES string of the molecule is CC(C)C(N)CSCC(C)C(C)S. The summed E-state index contributed by atoms with van der Waals surface area (Å²) in [6, 6.07) is 0.340. The zero-order valence-corrected chi connectivity index (χ0v) is 10.9. The van der Waals surface area contributed by atoms with Crippen LogP contribution in [0.3, 0.4) is 0 Å². The fraction of sp³-hybridized carbons (Fsp3) is 1.00. The van der Waals surface area contributed by atoms with Crippen molar-refractivity contribution < 1.29 is 0 Å². The van der Waals surface area contributed by atoms with Gasteiger partial charge in [0.05, 0.1) is 0 Å². The van der Waals surface area contributed by atoms with Crippen LogP contribution >= 0.6 is 24.4 Å². The highest BCUT2D eigenvalue weighted by atomic mass is 32.2. The molecule has 0 bridgehead atoms. The van der Waals surface area contributed by atoms with E-state index in [0.717, 1.165) is 5.75 Å². The molecule has 1 nitrogen and oxygen atoms in total. The number of hydrogen-bond donors (Lipinski definition) is 2. The first-order valence-electron chi connectivity index (χ1n) is 4.96. The molecular weight excluding hydrogens is 198 g/mol. The second-order valence-corrected chi connectivity index (χ2v) is 6.05. The van der Waals surface area contributed by atoms with E-state index >= 15 is 0 Å². The van der Waals surface area contributed by atoms with Gasteiger partial charge < -0.3 is 5.73 Å². The minimum absolute atomic E-state index is 0.340. The van der Waals surface area contributed by atoms with Crippen LogP contribution in [0.2, 0.25) is 0 Å². The molecule has 0 saturated heterocycles. The molecule has 13 heavy (non-hydrogen) atoms. The van der Waals surface area contributed by atoms with Crippen molar-refractivity contribution in [3.8, 4) is 0 Å². The maximum Gasteiger partial charge on any atom is 0.0153 e. The lowest BCUT2D eigenvalue weighted by atomic mass is 10.1. The van der Waals surface area contributed by atoms with Crippen molar-refractivity contribution in [2.24, 2.45) is 17.6 Å². The van der Waals surface area contributed by atoms with Crippen LogP contribution < -0.4 is 5.73 Å². The van der Waals surface area contributed by atoms with Crippen molar-refractivity contribution in [1.29, 1.82) is 0 Å². The maximum atomic E-state index is 5.94. The van der Waals surface area contributed by atoms with Gasteiger partial charge in [0.2, 0.25) is 0 Å². The Morgan fingerprint density at radius 2 is 1.69 bits per heavy atom. The highest BCUT2D eigenvalue weighted by Gasteiger charge is 2.11. The van der Waals surface area contributed by atoms with Crippen LogP contribution in [-0.4, -0.2) is 22.8 Å². The average Bonchev–Trinajstić information content (AvgIpc) is 2.03. The lowest BCUT2D eigenvalue weighted by Gasteiger charge is -2.18. The standard InChI is InChI=1S/C10H23NS2/c1-7(2)10(11)6-13-5-8(3)9(4)12/h7-10,12H,5-6,11H2,1-4H3. The molecule has 0 aromatic carbocycles. The van der Waals surface area contributed by atoms with Crippen LogP contribution in [0.25, 0.3) is 0 Å². The molecule has 0 spiro atoms. The van der Waals surface area contributed by atoms with Crippen molar-refractivity contribution in [2.75, 3.05) is 11.5 Å². The molecule has 0 aliphatic carbocycles. The van der Waals surface area contributed by atoms with Gasteiger partial charge in [0.15, 0.2) is 0 Å². The van der Waals surface area contributed by atoms with Gasteiger partial charge in [0.1, 0.15) is 0 Å². The molecule has 0 aliphatic rings. The molecule has 0 aromatic rings. The zero-order valence-electron chi connectivity index (χ0n) is 9.16. The van der Waals surface area contributed by atoms with Crippen LogP contribution in [0.5, 0.6) is 0 Å². The van der Waals surface area contributed by atoms with E-state index in [1.807, 2.05) is 11.8 Å². The van der Waals surface area contributed by atoms with E-state index in [4.69, 9.17) is 5.73 Å². The number of thioether (sulfide) groups is 1. The second kappa shape index (κ2) is 7.02. The number of thiol groups is 1. The van der Waals surface area contributed by atoms with Crippen molar-refractivity contribution in [1.82, 2.24) is 0 Å². The van der Waals surface area contributed by atoms with Gasteiger partial charge in [-0.05, 0) is 17.6 Å². The summed E-state index contributed by atoms with van der Waals surface area (Å²) >= 11 is 6.37. The minimum atomic E-state index is 0.340. The fourth-order valence-corrected chi connectivity index (χ4v) is 2.42. The lowest BCUT2D eigenvalue weighted by molar-refractivity contribution is 0.535. The van der Waals surface area contributed by atoms with Gasteiger partial charge in [-0.25, -0.2) is 0 Å². The minimum Gasteiger partial charge on any atom is -0.327 e. The molecule has 0 fully saturated rings. The number of rotatable bonds is 6. The van der Waals surface area contributed by atoms with E-state index in [9.17, 15) is 0 Å². The third-order valence-electron chi connectivity index (χ3n) is 2.37. The smallest absolute Gasteiger partial charge is 0.0153 e. The van der Waals surface area contributed by atoms with Gasteiger partial charge in [-0.15, -0.1) is 0 Å². The third-order valence-corrected chi connectivity index (χ3v) is 4.26. The molecule has 0 amide bonds. The Balaban J connectivity index is 3.45. The Hall–Kier alpha value is 0.660. The Labute approximate surface area is 92.6 Å². The van der Waals surface area contributed by atoms with Crippen molar-refractivity contribution in [3.05, 3.63) is 0 Å². The normalized spacial score (nSPS) is 18.7. The molecular formula is C10H23NS2. The summed E-state index contributed by atoms with van der Waals surface area (Å²) in [5, 5.41) is 0.489. The molecule has 80 valence electrons. The Kier molecular flexibility index (Phi) is 7.37. The quantitative estimate of drug-likeness (QED) is 0.675. The molecule has 3 atom stereocenters. The molecule has 0 aliphatic heterocycles. The third kappa shape index (κ3) is 6.69. The van der Waals surface area contributed by atoms with Gasteiger partial charge in [0, 0.05) is 17.0 Å². The summed E-state index contributed by atoms with van der Waals surface area (Å²) in [4.78, 5) is 0. The summed E-state index contributed by atoms with van der Waals surface area (Å²) in [7, 11) is 0. The largest absolute Gasteiger partial charge is 0.327 e. The summed E-state index contributed by atoms with van der Waals surface area (Å²) in [6.07, 6.45) is 0. The zero-order chi connectivity index (χ0) is 10.4. The predicted molar refractivity (Wildman–Crippen MR) is 67.8 cm³/mol. The van der Waals surface area contributed by atoms with Gasteiger partial charge in [-0.3, -0.25) is 0 Å². The van der Waals surface area contributed by atoms with Gasteiger partial charge in [-0.1, -0.05) is 27.7 Å². The molecule has 3 heteroatoms. The van der Waals surface area contributed by atoms with Crippen LogP contribution in [0, 0.1) is 11.8 Å². The topological polar surface area (TPSA) is 26.0 Å².